The minimum Gasteiger partial charge on any atom is -0.508 e. The normalized spacial score (nSPS) is 12.5. The molecule has 1 aromatic carbocycles. The number of aliphatic hydroxyl groups excluding tert-OH is 1. The van der Waals surface area contributed by atoms with Crippen LogP contribution in [0.2, 0.25) is 0 Å². The Hall–Kier alpha value is -1.22. The van der Waals surface area contributed by atoms with E-state index in [4.69, 9.17) is 10.2 Å². The van der Waals surface area contributed by atoms with Crippen molar-refractivity contribution in [1.29, 1.82) is 0 Å². The van der Waals surface area contributed by atoms with Crippen LogP contribution >= 0.6 is 0 Å². The molecule has 0 aliphatic carbocycles. The minimum atomic E-state index is 0.00630. The van der Waals surface area contributed by atoms with E-state index in [2.05, 4.69) is 5.32 Å². The molecule has 1 aromatic rings. The molecule has 0 heterocycles. The minimum absolute atomic E-state index is 0.00630. The third-order valence-electron chi connectivity index (χ3n) is 1.53. The fourth-order valence-corrected chi connectivity index (χ4v) is 0.926. The van der Waals surface area contributed by atoms with E-state index in [1.165, 1.54) is 0 Å². The number of rotatable bonds is 3. The Balaban J connectivity index is 2.63. The number of phenolic OH excluding ortho intramolecular Hbond substituents is 1. The van der Waals surface area contributed by atoms with Crippen LogP contribution in [0.25, 0.3) is 0 Å². The van der Waals surface area contributed by atoms with Crippen LogP contribution < -0.4 is 5.32 Å². The van der Waals surface area contributed by atoms with E-state index in [0.717, 1.165) is 5.69 Å². The lowest BCUT2D eigenvalue weighted by molar-refractivity contribution is 0.281. The zero-order chi connectivity index (χ0) is 8.97. The van der Waals surface area contributed by atoms with Crippen LogP contribution in [0.5, 0.6) is 5.75 Å². The van der Waals surface area contributed by atoms with Crippen LogP contribution in [-0.2, 0) is 0 Å². The summed E-state index contributed by atoms with van der Waals surface area (Å²) in [4.78, 5) is 0. The second kappa shape index (κ2) is 3.97. The van der Waals surface area contributed by atoms with E-state index < -0.39 is 0 Å². The second-order valence-corrected chi connectivity index (χ2v) is 2.78. The highest BCUT2D eigenvalue weighted by Crippen LogP contribution is 2.15. The number of phenols is 1. The van der Waals surface area contributed by atoms with Crippen molar-refractivity contribution in [3.8, 4) is 5.75 Å². The number of benzene rings is 1. The number of nitrogens with one attached hydrogen (secondary N) is 1. The Morgan fingerprint density at radius 2 is 2.25 bits per heavy atom. The standard InChI is InChI=1S/C9H13NO2/c1-7(6-11)10-8-3-2-4-9(12)5-8/h2-5,7,10-12H,6H2,1H3/t7-/m1/s1. The van der Waals surface area contributed by atoms with Gasteiger partial charge in [0.15, 0.2) is 0 Å². The lowest BCUT2D eigenvalue weighted by atomic mass is 10.2. The number of aromatic hydroxyl groups is 1. The number of hydrogen-bond donors (Lipinski definition) is 3. The summed E-state index contributed by atoms with van der Waals surface area (Å²) >= 11 is 0. The highest BCUT2D eigenvalue weighted by molar-refractivity contribution is 5.48. The monoisotopic (exact) mass is 167 g/mol. The fraction of sp³-hybridized carbons (Fsp3) is 0.333. The molecule has 0 amide bonds. The topological polar surface area (TPSA) is 52.5 Å². The van der Waals surface area contributed by atoms with E-state index in [-0.39, 0.29) is 18.4 Å². The maximum atomic E-state index is 9.10. The van der Waals surface area contributed by atoms with E-state index in [1.807, 2.05) is 13.0 Å². The molecule has 0 saturated heterocycles. The predicted octanol–water partition coefficient (Wildman–Crippen LogP) is 1.18. The van der Waals surface area contributed by atoms with E-state index in [0.29, 0.717) is 0 Å². The molecule has 1 atom stereocenters. The Morgan fingerprint density at radius 3 is 2.83 bits per heavy atom. The van der Waals surface area contributed by atoms with E-state index >= 15 is 0 Å². The van der Waals surface area contributed by atoms with Crippen molar-refractivity contribution in [3.05, 3.63) is 24.3 Å². The quantitative estimate of drug-likeness (QED) is 0.633. The van der Waals surface area contributed by atoms with Gasteiger partial charge in [-0.2, -0.15) is 0 Å². The van der Waals surface area contributed by atoms with Crippen LogP contribution in [-0.4, -0.2) is 22.9 Å². The summed E-state index contributed by atoms with van der Waals surface area (Å²) in [5.74, 6) is 0.227. The summed E-state index contributed by atoms with van der Waals surface area (Å²) in [5.41, 5.74) is 0.816. The average Bonchev–Trinajstić information content (AvgIpc) is 2.04. The van der Waals surface area contributed by atoms with Crippen molar-refractivity contribution in [2.75, 3.05) is 11.9 Å². The summed E-state index contributed by atoms with van der Waals surface area (Å²) in [6.07, 6.45) is 0. The molecule has 0 aliphatic rings. The largest absolute Gasteiger partial charge is 0.508 e. The summed E-state index contributed by atoms with van der Waals surface area (Å²) < 4.78 is 0. The first kappa shape index (κ1) is 8.87. The lowest BCUT2D eigenvalue weighted by Crippen LogP contribution is -2.18. The van der Waals surface area contributed by atoms with Gasteiger partial charge in [-0.25, -0.2) is 0 Å². The Morgan fingerprint density at radius 1 is 1.50 bits per heavy atom. The molecule has 0 unspecified atom stereocenters. The van der Waals surface area contributed by atoms with Gasteiger partial charge in [-0.15, -0.1) is 0 Å². The van der Waals surface area contributed by atoms with Crippen LogP contribution in [0.1, 0.15) is 6.92 Å². The predicted molar refractivity (Wildman–Crippen MR) is 48.3 cm³/mol. The average molecular weight is 167 g/mol. The second-order valence-electron chi connectivity index (χ2n) is 2.78. The van der Waals surface area contributed by atoms with Crippen molar-refractivity contribution in [1.82, 2.24) is 0 Å². The fourth-order valence-electron chi connectivity index (χ4n) is 0.926. The highest BCUT2D eigenvalue weighted by Gasteiger charge is 1.99. The van der Waals surface area contributed by atoms with Gasteiger partial charge < -0.3 is 15.5 Å². The summed E-state index contributed by atoms with van der Waals surface area (Å²) in [6.45, 7) is 1.94. The molecule has 12 heavy (non-hydrogen) atoms. The van der Waals surface area contributed by atoms with Gasteiger partial charge in [0.05, 0.1) is 6.61 Å². The molecular formula is C9H13NO2. The molecule has 1 rings (SSSR count). The Bertz CT molecular complexity index is 250. The van der Waals surface area contributed by atoms with Gasteiger partial charge in [-0.1, -0.05) is 6.07 Å². The number of aliphatic hydroxyl groups is 1. The van der Waals surface area contributed by atoms with Crippen molar-refractivity contribution < 1.29 is 10.2 Å². The van der Waals surface area contributed by atoms with Crippen molar-refractivity contribution in [2.45, 2.75) is 13.0 Å². The van der Waals surface area contributed by atoms with Crippen LogP contribution in [0.15, 0.2) is 24.3 Å². The third-order valence-corrected chi connectivity index (χ3v) is 1.53. The maximum Gasteiger partial charge on any atom is 0.117 e. The van der Waals surface area contributed by atoms with Crippen molar-refractivity contribution in [3.63, 3.8) is 0 Å². The molecule has 3 heteroatoms. The molecular weight excluding hydrogens is 154 g/mol. The van der Waals surface area contributed by atoms with Gasteiger partial charge in [0.25, 0.3) is 0 Å². The molecule has 0 aromatic heterocycles. The van der Waals surface area contributed by atoms with Crippen LogP contribution in [0, 0.1) is 0 Å². The van der Waals surface area contributed by atoms with Gasteiger partial charge in [-0.3, -0.25) is 0 Å². The first-order chi connectivity index (χ1) is 5.72. The molecule has 3 N–H and O–H groups in total. The molecule has 0 spiro atoms. The first-order valence-corrected chi connectivity index (χ1v) is 3.89. The molecule has 0 radical (unpaired) electrons. The van der Waals surface area contributed by atoms with Gasteiger partial charge in [0.1, 0.15) is 5.75 Å². The van der Waals surface area contributed by atoms with Crippen LogP contribution in [0.4, 0.5) is 5.69 Å². The van der Waals surface area contributed by atoms with Crippen molar-refractivity contribution in [2.24, 2.45) is 0 Å². The zero-order valence-electron chi connectivity index (χ0n) is 6.99. The Labute approximate surface area is 71.7 Å². The summed E-state index contributed by atoms with van der Waals surface area (Å²) in [6, 6.07) is 6.82. The summed E-state index contributed by atoms with van der Waals surface area (Å²) in [5, 5.41) is 20.9. The molecule has 3 nitrogen and oxygen atoms in total. The molecule has 0 aliphatic heterocycles. The third kappa shape index (κ3) is 2.43. The van der Waals surface area contributed by atoms with Gasteiger partial charge in [0, 0.05) is 17.8 Å². The first-order valence-electron chi connectivity index (χ1n) is 3.89. The van der Waals surface area contributed by atoms with E-state index in [9.17, 15) is 0 Å². The van der Waals surface area contributed by atoms with E-state index in [1.54, 1.807) is 18.2 Å². The number of hydrogen-bond acceptors (Lipinski definition) is 3. The van der Waals surface area contributed by atoms with Crippen molar-refractivity contribution >= 4 is 5.69 Å². The van der Waals surface area contributed by atoms with Gasteiger partial charge in [0.2, 0.25) is 0 Å². The lowest BCUT2D eigenvalue weighted by Gasteiger charge is -2.11. The molecule has 0 bridgehead atoms. The summed E-state index contributed by atoms with van der Waals surface area (Å²) in [7, 11) is 0. The maximum absolute atomic E-state index is 9.10. The van der Waals surface area contributed by atoms with Crippen LogP contribution in [0.3, 0.4) is 0 Å². The highest BCUT2D eigenvalue weighted by atomic mass is 16.3. The molecule has 0 saturated carbocycles. The molecule has 66 valence electrons. The molecule has 0 fully saturated rings. The Kier molecular flexibility index (Phi) is 2.94. The zero-order valence-corrected chi connectivity index (χ0v) is 6.99. The number of anilines is 1. The van der Waals surface area contributed by atoms with Gasteiger partial charge >= 0.3 is 0 Å². The van der Waals surface area contributed by atoms with Gasteiger partial charge in [-0.05, 0) is 19.1 Å². The SMILES string of the molecule is C[C@H](CO)Nc1cccc(O)c1. The smallest absolute Gasteiger partial charge is 0.117 e.